The second-order valence-corrected chi connectivity index (χ2v) is 2.71. The minimum atomic E-state index is 0.280. The van der Waals surface area contributed by atoms with E-state index in [1.807, 2.05) is 18.2 Å². The molecule has 0 aromatic heterocycles. The molecular weight excluding hydrogens is 168 g/mol. The van der Waals surface area contributed by atoms with Gasteiger partial charge in [0.2, 0.25) is 6.79 Å². The number of rotatable bonds is 2. The summed E-state index contributed by atoms with van der Waals surface area (Å²) in [6.07, 6.45) is 2.03. The summed E-state index contributed by atoms with van der Waals surface area (Å²) >= 11 is 0. The Balaban J connectivity index is 2.25. The molecule has 13 heavy (non-hydrogen) atoms. The fourth-order valence-electron chi connectivity index (χ4n) is 1.23. The molecule has 1 aliphatic heterocycles. The summed E-state index contributed by atoms with van der Waals surface area (Å²) in [5.41, 5.74) is 1.02. The van der Waals surface area contributed by atoms with Crippen molar-refractivity contribution in [3.05, 3.63) is 29.8 Å². The number of hydrogen-bond donors (Lipinski definition) is 0. The summed E-state index contributed by atoms with van der Waals surface area (Å²) in [5, 5.41) is 0. The van der Waals surface area contributed by atoms with E-state index in [0.717, 1.165) is 17.1 Å². The van der Waals surface area contributed by atoms with E-state index in [4.69, 9.17) is 9.47 Å². The van der Waals surface area contributed by atoms with Crippen LogP contribution in [-0.4, -0.2) is 12.7 Å². The number of benzene rings is 1. The smallest absolute Gasteiger partial charge is 0.231 e. The predicted octanol–water partition coefficient (Wildman–Crippen LogP) is 1.35. The topological polar surface area (TPSA) is 35.5 Å². The monoisotopic (exact) mass is 176 g/mol. The zero-order chi connectivity index (χ0) is 9.10. The zero-order valence-corrected chi connectivity index (χ0v) is 6.95. The summed E-state index contributed by atoms with van der Waals surface area (Å²) in [5.74, 6) is 3.25. The van der Waals surface area contributed by atoms with Crippen molar-refractivity contribution in [2.45, 2.75) is 6.42 Å². The molecule has 2 rings (SSSR count). The first-order chi connectivity index (χ1) is 6.40. The van der Waals surface area contributed by atoms with Gasteiger partial charge in [-0.05, 0) is 17.7 Å². The molecule has 3 heteroatoms. The molecule has 3 nitrogen and oxygen atoms in total. The maximum atomic E-state index is 9.98. The van der Waals surface area contributed by atoms with Gasteiger partial charge in [0.1, 0.15) is 5.94 Å². The van der Waals surface area contributed by atoms with Gasteiger partial charge in [-0.3, -0.25) is 0 Å². The fraction of sp³-hybridized carbons (Fsp3) is 0.200. The molecule has 0 N–H and O–H groups in total. The van der Waals surface area contributed by atoms with Crippen LogP contribution in [0, 0.1) is 0 Å². The minimum absolute atomic E-state index is 0.280. The molecule has 0 saturated heterocycles. The van der Waals surface area contributed by atoms with Crippen molar-refractivity contribution in [2.24, 2.45) is 0 Å². The number of carbonyl (C=O) groups excluding carboxylic acids is 1. The first kappa shape index (κ1) is 7.90. The second kappa shape index (κ2) is 3.33. The van der Waals surface area contributed by atoms with E-state index in [9.17, 15) is 4.79 Å². The molecule has 1 aromatic rings. The van der Waals surface area contributed by atoms with Crippen LogP contribution in [-0.2, 0) is 11.2 Å². The number of allylic oxidation sites excluding steroid dienone is 1. The quantitative estimate of drug-likeness (QED) is 0.638. The van der Waals surface area contributed by atoms with Gasteiger partial charge in [-0.25, -0.2) is 4.79 Å². The summed E-state index contributed by atoms with van der Waals surface area (Å²) in [6, 6.07) is 5.62. The van der Waals surface area contributed by atoms with Crippen molar-refractivity contribution in [1.29, 1.82) is 0 Å². The van der Waals surface area contributed by atoms with Crippen molar-refractivity contribution < 1.29 is 14.3 Å². The summed E-state index contributed by atoms with van der Waals surface area (Å²) in [4.78, 5) is 9.98. The molecule has 0 aliphatic carbocycles. The first-order valence-corrected chi connectivity index (χ1v) is 3.98. The third kappa shape index (κ3) is 1.55. The Kier molecular flexibility index (Phi) is 2.02. The van der Waals surface area contributed by atoms with Crippen LogP contribution in [0.15, 0.2) is 24.3 Å². The van der Waals surface area contributed by atoms with E-state index in [1.165, 1.54) is 6.08 Å². The van der Waals surface area contributed by atoms with Crippen molar-refractivity contribution in [1.82, 2.24) is 0 Å². The Labute approximate surface area is 75.6 Å². The van der Waals surface area contributed by atoms with E-state index in [0.29, 0.717) is 6.42 Å². The Morgan fingerprint density at radius 2 is 2.23 bits per heavy atom. The number of fused-ring (bicyclic) bond motifs is 1. The molecule has 0 unspecified atom stereocenters. The standard InChI is InChI=1S/C10H8O3/c11-5-1-2-8-3-4-9-10(6-8)13-7-12-9/h1,3-4,6H,2,7H2. The van der Waals surface area contributed by atoms with Gasteiger partial charge in [0.15, 0.2) is 11.5 Å². The molecule has 0 atom stereocenters. The molecule has 0 fully saturated rings. The largest absolute Gasteiger partial charge is 0.454 e. The lowest BCUT2D eigenvalue weighted by Crippen LogP contribution is -1.92. The van der Waals surface area contributed by atoms with Crippen LogP contribution in [0.5, 0.6) is 11.5 Å². The van der Waals surface area contributed by atoms with Gasteiger partial charge in [0, 0.05) is 12.5 Å². The molecule has 1 aromatic carbocycles. The van der Waals surface area contributed by atoms with E-state index in [-0.39, 0.29) is 6.79 Å². The third-order valence-electron chi connectivity index (χ3n) is 1.86. The highest BCUT2D eigenvalue weighted by atomic mass is 16.7. The Morgan fingerprint density at radius 1 is 1.38 bits per heavy atom. The maximum Gasteiger partial charge on any atom is 0.231 e. The van der Waals surface area contributed by atoms with Gasteiger partial charge in [-0.2, -0.15) is 0 Å². The van der Waals surface area contributed by atoms with Gasteiger partial charge in [-0.15, -0.1) is 0 Å². The number of ether oxygens (including phenoxy) is 2. The van der Waals surface area contributed by atoms with Crippen molar-refractivity contribution in [2.75, 3.05) is 6.79 Å². The lowest BCUT2D eigenvalue weighted by Gasteiger charge is -1.98. The minimum Gasteiger partial charge on any atom is -0.454 e. The van der Waals surface area contributed by atoms with Gasteiger partial charge in [-0.1, -0.05) is 6.07 Å². The van der Waals surface area contributed by atoms with E-state index in [2.05, 4.69) is 0 Å². The van der Waals surface area contributed by atoms with Gasteiger partial charge in [0.25, 0.3) is 0 Å². The van der Waals surface area contributed by atoms with E-state index < -0.39 is 0 Å². The molecule has 0 amide bonds. The van der Waals surface area contributed by atoms with Crippen LogP contribution < -0.4 is 9.47 Å². The molecule has 1 heterocycles. The SMILES string of the molecule is O=C=CCc1ccc2c(c1)OCO2. The average molecular weight is 176 g/mol. The summed E-state index contributed by atoms with van der Waals surface area (Å²) < 4.78 is 10.3. The highest BCUT2D eigenvalue weighted by Gasteiger charge is 2.12. The Hall–Kier alpha value is -1.73. The Bertz CT molecular complexity index is 364. The molecule has 0 radical (unpaired) electrons. The van der Waals surface area contributed by atoms with E-state index >= 15 is 0 Å². The molecule has 66 valence electrons. The molecule has 0 saturated carbocycles. The summed E-state index contributed by atoms with van der Waals surface area (Å²) in [6.45, 7) is 0.280. The van der Waals surface area contributed by atoms with Crippen molar-refractivity contribution in [3.8, 4) is 11.5 Å². The van der Waals surface area contributed by atoms with Gasteiger partial charge in [0.05, 0.1) is 0 Å². The van der Waals surface area contributed by atoms with E-state index in [1.54, 1.807) is 5.94 Å². The highest BCUT2D eigenvalue weighted by molar-refractivity contribution is 5.49. The average Bonchev–Trinajstić information content (AvgIpc) is 2.61. The van der Waals surface area contributed by atoms with Crippen LogP contribution >= 0.6 is 0 Å². The maximum absolute atomic E-state index is 9.98. The normalized spacial score (nSPS) is 12.3. The Morgan fingerprint density at radius 3 is 3.08 bits per heavy atom. The lowest BCUT2D eigenvalue weighted by molar-refractivity contribution is 0.174. The van der Waals surface area contributed by atoms with Crippen molar-refractivity contribution >= 4 is 5.94 Å². The van der Waals surface area contributed by atoms with Crippen LogP contribution in [0.1, 0.15) is 5.56 Å². The van der Waals surface area contributed by atoms with Crippen LogP contribution in [0.4, 0.5) is 0 Å². The lowest BCUT2D eigenvalue weighted by atomic mass is 10.1. The molecule has 0 bridgehead atoms. The molecule has 1 aliphatic rings. The molecular formula is C10H8O3. The van der Waals surface area contributed by atoms with Gasteiger partial charge >= 0.3 is 0 Å². The highest BCUT2D eigenvalue weighted by Crippen LogP contribution is 2.32. The van der Waals surface area contributed by atoms with Crippen LogP contribution in [0.25, 0.3) is 0 Å². The first-order valence-electron chi connectivity index (χ1n) is 3.98. The van der Waals surface area contributed by atoms with Crippen LogP contribution in [0.3, 0.4) is 0 Å². The van der Waals surface area contributed by atoms with Crippen LogP contribution in [0.2, 0.25) is 0 Å². The zero-order valence-electron chi connectivity index (χ0n) is 6.95. The number of hydrogen-bond acceptors (Lipinski definition) is 3. The third-order valence-corrected chi connectivity index (χ3v) is 1.86. The predicted molar refractivity (Wildman–Crippen MR) is 46.5 cm³/mol. The fourth-order valence-corrected chi connectivity index (χ4v) is 1.23. The second-order valence-electron chi connectivity index (χ2n) is 2.71. The van der Waals surface area contributed by atoms with Gasteiger partial charge < -0.3 is 9.47 Å². The molecule has 0 spiro atoms. The van der Waals surface area contributed by atoms with Crippen molar-refractivity contribution in [3.63, 3.8) is 0 Å². The summed E-state index contributed by atoms with van der Waals surface area (Å²) in [7, 11) is 0.